The number of carbonyl (C=O) groups excluding carboxylic acids is 4. The number of cyclic esters (lactones) is 1. The summed E-state index contributed by atoms with van der Waals surface area (Å²) in [6, 6.07) is -0.778. The van der Waals surface area contributed by atoms with Gasteiger partial charge in [0.15, 0.2) is 18.7 Å². The van der Waals surface area contributed by atoms with E-state index in [-0.39, 0.29) is 25.7 Å². The van der Waals surface area contributed by atoms with Gasteiger partial charge in [0.1, 0.15) is 42.4 Å². The zero-order valence-corrected chi connectivity index (χ0v) is 40.0. The van der Waals surface area contributed by atoms with Gasteiger partial charge in [-0.1, -0.05) is 58.9 Å². The second kappa shape index (κ2) is 27.6. The third kappa shape index (κ3) is 17.5. The van der Waals surface area contributed by atoms with Crippen LogP contribution in [0.3, 0.4) is 0 Å². The van der Waals surface area contributed by atoms with E-state index in [9.17, 15) is 34.5 Å². The summed E-state index contributed by atoms with van der Waals surface area (Å²) in [6.07, 6.45) is -4.12. The molecule has 2 saturated heterocycles. The molecule has 16 atom stereocenters. The number of aldehydes is 1. The lowest BCUT2D eigenvalue weighted by atomic mass is 9.82. The molecule has 0 aromatic heterocycles. The van der Waals surface area contributed by atoms with Crippen molar-refractivity contribution in [2.45, 2.75) is 193 Å². The molecule has 0 radical (unpaired) electrons. The molecule has 0 aromatic carbocycles. The molecule has 3 aliphatic rings. The van der Waals surface area contributed by atoms with Crippen LogP contribution in [0, 0.1) is 11.8 Å². The Bertz CT molecular complexity index is 1430. The Morgan fingerprint density at radius 2 is 1.59 bits per heavy atom. The molecule has 364 valence electrons. The minimum atomic E-state index is -1.49. The summed E-state index contributed by atoms with van der Waals surface area (Å²) in [5.74, 6) is -2.92. The minimum Gasteiger partial charge on any atom is -0.462 e. The van der Waals surface area contributed by atoms with Crippen LogP contribution in [0.4, 0.5) is 0 Å². The van der Waals surface area contributed by atoms with Gasteiger partial charge in [-0.25, -0.2) is 0 Å². The Kier molecular flexibility index (Phi) is 24.7. The Balaban J connectivity index is 0.00000179. The number of hydrogen-bond acceptors (Lipinski definition) is 17. The fourth-order valence-electron chi connectivity index (χ4n) is 8.45. The molecule has 3 heterocycles. The molecule has 3 rings (SSSR count). The SMILES string of the molecule is CCC(=O)OC1C(C)OC(OC2C(C)OC(O[C@H]3[C@@H](CC=O)C[C@@H](C)C(O)C=CC=CC[C@@H](C)OC(=O)C[C@@H](OC(C)=O)[C@@H]3OC)C(O)C2N(C)C)CC1(C)O.CCN(CC)CC. The largest absolute Gasteiger partial charge is 0.462 e. The third-order valence-electron chi connectivity index (χ3n) is 12.0. The van der Waals surface area contributed by atoms with Crippen LogP contribution in [0.2, 0.25) is 0 Å². The monoisotopic (exact) mass is 901 g/mol. The van der Waals surface area contributed by atoms with Gasteiger partial charge in [-0.3, -0.25) is 14.4 Å². The van der Waals surface area contributed by atoms with Crippen molar-refractivity contribution in [2.75, 3.05) is 40.8 Å². The van der Waals surface area contributed by atoms with E-state index < -0.39 is 121 Å². The summed E-state index contributed by atoms with van der Waals surface area (Å²) in [5.41, 5.74) is -1.49. The molecule has 0 aliphatic carbocycles. The van der Waals surface area contributed by atoms with Crippen molar-refractivity contribution in [2.24, 2.45) is 11.8 Å². The van der Waals surface area contributed by atoms with Gasteiger partial charge in [0, 0.05) is 39.7 Å². The predicted molar refractivity (Wildman–Crippen MR) is 234 cm³/mol. The van der Waals surface area contributed by atoms with E-state index >= 15 is 0 Å². The van der Waals surface area contributed by atoms with Gasteiger partial charge in [-0.15, -0.1) is 0 Å². The van der Waals surface area contributed by atoms with Crippen molar-refractivity contribution in [3.63, 3.8) is 0 Å². The average molecular weight is 901 g/mol. The number of carbonyl (C=O) groups is 4. The quantitative estimate of drug-likeness (QED) is 0.129. The van der Waals surface area contributed by atoms with Gasteiger partial charge in [-0.2, -0.15) is 0 Å². The van der Waals surface area contributed by atoms with E-state index in [0.717, 1.165) is 0 Å². The predicted octanol–water partition coefficient (Wildman–Crippen LogP) is 3.73. The average Bonchev–Trinajstić information content (AvgIpc) is 3.20. The highest BCUT2D eigenvalue weighted by Gasteiger charge is 2.53. The normalized spacial score (nSPS) is 37.1. The summed E-state index contributed by atoms with van der Waals surface area (Å²) < 4.78 is 48.2. The molecule has 3 N–H and O–H groups in total. The molecule has 0 bridgehead atoms. The number of esters is 3. The topological polar surface area (TPSA) is 209 Å². The number of hydrogen-bond donors (Lipinski definition) is 3. The van der Waals surface area contributed by atoms with Crippen LogP contribution >= 0.6 is 0 Å². The summed E-state index contributed by atoms with van der Waals surface area (Å²) in [5, 5.41) is 34.4. The van der Waals surface area contributed by atoms with Crippen LogP contribution in [-0.2, 0) is 57.1 Å². The van der Waals surface area contributed by atoms with Crippen LogP contribution in [0.1, 0.15) is 108 Å². The highest BCUT2D eigenvalue weighted by atomic mass is 16.7. The maximum absolute atomic E-state index is 13.2. The molecule has 0 spiro atoms. The molecular weight excluding hydrogens is 821 g/mol. The van der Waals surface area contributed by atoms with Gasteiger partial charge < -0.3 is 67.8 Å². The number of methoxy groups -OCH3 is 1. The van der Waals surface area contributed by atoms with Gasteiger partial charge in [0.05, 0.1) is 36.9 Å². The summed E-state index contributed by atoms with van der Waals surface area (Å²) in [7, 11) is 4.85. The van der Waals surface area contributed by atoms with Crippen LogP contribution in [0.5, 0.6) is 0 Å². The van der Waals surface area contributed by atoms with E-state index in [1.54, 1.807) is 77.9 Å². The van der Waals surface area contributed by atoms with Crippen LogP contribution in [0.25, 0.3) is 0 Å². The highest BCUT2D eigenvalue weighted by molar-refractivity contribution is 5.72. The summed E-state index contributed by atoms with van der Waals surface area (Å²) in [6.45, 7) is 21.5. The van der Waals surface area contributed by atoms with Crippen LogP contribution in [-0.4, -0.2) is 175 Å². The first-order valence-corrected chi connectivity index (χ1v) is 22.6. The number of allylic oxidation sites excluding steroid dienone is 2. The number of nitrogens with zero attached hydrogens (tertiary/aromatic N) is 2. The smallest absolute Gasteiger partial charge is 0.309 e. The standard InChI is InChI=1S/C40H65NO15.C6H15N/c1-11-30(45)54-38-25(5)51-32(21-40(38,7)48)55-35-24(4)52-39(34(47)33(35)41(8)9)56-36-27(17-18-42)19-22(2)28(44)16-14-12-13-15-23(3)50-31(46)20-29(37(36)49-10)53-26(6)43;1-4-7(5-2)6-3/h12-14,16,18,22-25,27-29,32-39,44,47-48H,11,15,17,19-21H2,1-10H3;4-6H2,1-3H3/t22-,23-,24?,25?,27+,28?,29-,32?,33?,34?,35?,36+,37+,38?,39?,40?;/m1./s1. The molecule has 10 unspecified atom stereocenters. The van der Waals surface area contributed by atoms with E-state index in [1.165, 1.54) is 33.7 Å². The van der Waals surface area contributed by atoms with Crippen molar-refractivity contribution in [1.29, 1.82) is 0 Å². The molecule has 0 saturated carbocycles. The maximum Gasteiger partial charge on any atom is 0.309 e. The molecule has 17 heteroatoms. The van der Waals surface area contributed by atoms with Gasteiger partial charge in [0.2, 0.25) is 0 Å². The molecule has 0 aromatic rings. The zero-order valence-electron chi connectivity index (χ0n) is 40.0. The van der Waals surface area contributed by atoms with Gasteiger partial charge >= 0.3 is 17.9 Å². The second-order valence-electron chi connectivity index (χ2n) is 17.3. The Hall–Kier alpha value is -2.84. The van der Waals surface area contributed by atoms with E-state index in [2.05, 4.69) is 25.7 Å². The molecule has 17 nitrogen and oxygen atoms in total. The van der Waals surface area contributed by atoms with Gasteiger partial charge in [0.25, 0.3) is 0 Å². The number of likely N-dealkylation sites (N-methyl/N-ethyl adjacent to an activating group) is 1. The fraction of sp³-hybridized carbons (Fsp3) is 0.826. The van der Waals surface area contributed by atoms with Crippen LogP contribution < -0.4 is 0 Å². The number of aliphatic hydroxyl groups excluding tert-OH is 2. The third-order valence-corrected chi connectivity index (χ3v) is 12.0. The van der Waals surface area contributed by atoms with Crippen LogP contribution in [0.15, 0.2) is 24.3 Å². The number of rotatable bonds is 14. The highest BCUT2D eigenvalue weighted by Crippen LogP contribution is 2.37. The fourth-order valence-corrected chi connectivity index (χ4v) is 8.45. The lowest BCUT2D eigenvalue weighted by Gasteiger charge is -2.50. The first-order valence-electron chi connectivity index (χ1n) is 22.6. The van der Waals surface area contributed by atoms with E-state index in [1.807, 2.05) is 6.92 Å². The maximum atomic E-state index is 13.2. The first-order chi connectivity index (χ1) is 29.7. The van der Waals surface area contributed by atoms with Crippen molar-refractivity contribution in [1.82, 2.24) is 9.80 Å². The Morgan fingerprint density at radius 3 is 2.11 bits per heavy atom. The molecule has 3 aliphatic heterocycles. The van der Waals surface area contributed by atoms with Crippen molar-refractivity contribution >= 4 is 24.2 Å². The summed E-state index contributed by atoms with van der Waals surface area (Å²) >= 11 is 0. The van der Waals surface area contributed by atoms with Crippen molar-refractivity contribution in [3.05, 3.63) is 24.3 Å². The molecular formula is C46H80N2O15. The Labute approximate surface area is 375 Å². The number of aliphatic hydroxyl groups is 3. The van der Waals surface area contributed by atoms with Gasteiger partial charge in [-0.05, 0) is 79.7 Å². The number of ether oxygens (including phenoxy) is 8. The van der Waals surface area contributed by atoms with E-state index in [4.69, 9.17) is 37.9 Å². The molecule has 0 amide bonds. The summed E-state index contributed by atoms with van der Waals surface area (Å²) in [4.78, 5) is 54.1. The van der Waals surface area contributed by atoms with E-state index in [0.29, 0.717) is 12.7 Å². The lowest BCUT2D eigenvalue weighted by Crippen LogP contribution is -2.66. The first kappa shape index (κ1) is 56.3. The second-order valence-corrected chi connectivity index (χ2v) is 17.3. The molecule has 63 heavy (non-hydrogen) atoms. The van der Waals surface area contributed by atoms with Crippen molar-refractivity contribution < 1.29 is 72.4 Å². The zero-order chi connectivity index (χ0) is 47.6. The Morgan fingerprint density at radius 1 is 0.937 bits per heavy atom. The minimum absolute atomic E-state index is 0.0440. The van der Waals surface area contributed by atoms with Crippen molar-refractivity contribution in [3.8, 4) is 0 Å². The lowest BCUT2D eigenvalue weighted by molar-refractivity contribution is -0.344. The molecule has 2 fully saturated rings.